The van der Waals surface area contributed by atoms with E-state index in [9.17, 15) is 9.90 Å². The van der Waals surface area contributed by atoms with Gasteiger partial charge in [-0.15, -0.1) is 6.58 Å². The van der Waals surface area contributed by atoms with E-state index < -0.39 is 6.29 Å². The fourth-order valence-electron chi connectivity index (χ4n) is 4.39. The predicted octanol–water partition coefficient (Wildman–Crippen LogP) is 5.16. The van der Waals surface area contributed by atoms with E-state index in [1.54, 1.807) is 0 Å². The molecule has 194 valence electrons. The lowest BCUT2D eigenvalue weighted by Crippen LogP contribution is -2.37. The van der Waals surface area contributed by atoms with Crippen LogP contribution in [0.15, 0.2) is 91.5 Å². The number of urea groups is 1. The highest BCUT2D eigenvalue weighted by Gasteiger charge is 2.32. The van der Waals surface area contributed by atoms with Crippen LogP contribution < -0.4 is 10.6 Å². The Morgan fingerprint density at radius 1 is 1.03 bits per heavy atom. The van der Waals surface area contributed by atoms with Crippen LogP contribution in [-0.4, -0.2) is 42.3 Å². The van der Waals surface area contributed by atoms with Crippen LogP contribution in [0.25, 0.3) is 0 Å². The fourth-order valence-corrected chi connectivity index (χ4v) is 4.39. The van der Waals surface area contributed by atoms with Crippen LogP contribution >= 0.6 is 0 Å². The van der Waals surface area contributed by atoms with Gasteiger partial charge in [-0.25, -0.2) is 4.79 Å². The molecule has 1 heterocycles. The maximum atomic E-state index is 12.5. The summed E-state index contributed by atoms with van der Waals surface area (Å²) in [7, 11) is 2.04. The van der Waals surface area contributed by atoms with E-state index in [0.717, 1.165) is 35.3 Å². The summed E-state index contributed by atoms with van der Waals surface area (Å²) in [5.41, 5.74) is 4.41. The number of rotatable bonds is 10. The van der Waals surface area contributed by atoms with Crippen LogP contribution in [0.1, 0.15) is 41.1 Å². The van der Waals surface area contributed by atoms with E-state index in [-0.39, 0.29) is 24.8 Å². The normalized spacial score (nSPS) is 19.4. The molecule has 7 heteroatoms. The van der Waals surface area contributed by atoms with E-state index in [0.29, 0.717) is 18.7 Å². The van der Waals surface area contributed by atoms with Gasteiger partial charge in [0.15, 0.2) is 6.29 Å². The molecule has 3 aromatic rings. The predicted molar refractivity (Wildman–Crippen MR) is 145 cm³/mol. The Labute approximate surface area is 218 Å². The number of hydrogen-bond acceptors (Lipinski definition) is 5. The monoisotopic (exact) mass is 501 g/mol. The second-order valence-electron chi connectivity index (χ2n) is 9.28. The van der Waals surface area contributed by atoms with Gasteiger partial charge in [0.1, 0.15) is 0 Å². The largest absolute Gasteiger partial charge is 0.392 e. The first-order valence-electron chi connectivity index (χ1n) is 12.5. The summed E-state index contributed by atoms with van der Waals surface area (Å²) in [4.78, 5) is 14.6. The van der Waals surface area contributed by atoms with Crippen molar-refractivity contribution in [3.8, 4) is 0 Å². The first-order valence-corrected chi connectivity index (χ1v) is 12.5. The number of carbonyl (C=O) groups is 1. The smallest absolute Gasteiger partial charge is 0.319 e. The molecule has 3 atom stereocenters. The molecule has 1 saturated heterocycles. The number of benzene rings is 3. The second-order valence-corrected chi connectivity index (χ2v) is 9.28. The molecule has 37 heavy (non-hydrogen) atoms. The van der Waals surface area contributed by atoms with Crippen molar-refractivity contribution in [3.05, 3.63) is 114 Å². The average molecular weight is 502 g/mol. The molecule has 0 radical (unpaired) electrons. The molecule has 0 bridgehead atoms. The lowest BCUT2D eigenvalue weighted by molar-refractivity contribution is -0.252. The van der Waals surface area contributed by atoms with Gasteiger partial charge >= 0.3 is 6.03 Å². The minimum absolute atomic E-state index is 0.00519. The van der Waals surface area contributed by atoms with E-state index >= 15 is 0 Å². The zero-order valence-corrected chi connectivity index (χ0v) is 21.2. The third-order valence-corrected chi connectivity index (χ3v) is 6.28. The van der Waals surface area contributed by atoms with Crippen LogP contribution in [-0.2, 0) is 22.6 Å². The van der Waals surface area contributed by atoms with Crippen LogP contribution in [0.2, 0.25) is 0 Å². The van der Waals surface area contributed by atoms with Gasteiger partial charge < -0.3 is 30.1 Å². The number of carbonyl (C=O) groups excluding carboxylic acids is 1. The molecule has 4 rings (SSSR count). The van der Waals surface area contributed by atoms with Crippen molar-refractivity contribution in [2.45, 2.75) is 38.1 Å². The Hall–Kier alpha value is -3.49. The van der Waals surface area contributed by atoms with Crippen molar-refractivity contribution in [2.75, 3.05) is 25.5 Å². The maximum Gasteiger partial charge on any atom is 0.319 e. The highest BCUT2D eigenvalue weighted by Crippen LogP contribution is 2.38. The van der Waals surface area contributed by atoms with E-state index in [1.165, 1.54) is 0 Å². The van der Waals surface area contributed by atoms with Crippen molar-refractivity contribution in [1.82, 2.24) is 10.2 Å². The Morgan fingerprint density at radius 3 is 2.54 bits per heavy atom. The standard InChI is InChI=1S/C30H35N3O4/c1-3-16-33(2)20-27-18-28(24-14-12-23(21-34)13-15-24)37-29(36-27)25-10-7-11-26(17-25)32-30(35)31-19-22-8-5-4-6-9-22/h3-15,17,27-29,34H,1,16,18-21H2,2H3,(H2,31,32,35)/t27-,28+,29+/m1/s1. The number of anilines is 1. The van der Waals surface area contributed by atoms with Gasteiger partial charge in [0, 0.05) is 37.3 Å². The van der Waals surface area contributed by atoms with E-state index in [2.05, 4.69) is 22.1 Å². The Bertz CT molecular complexity index is 1150. The van der Waals surface area contributed by atoms with Crippen molar-refractivity contribution in [1.29, 1.82) is 0 Å². The number of nitrogens with zero attached hydrogens (tertiary/aromatic N) is 1. The van der Waals surface area contributed by atoms with Gasteiger partial charge in [-0.2, -0.15) is 0 Å². The second kappa shape index (κ2) is 13.2. The average Bonchev–Trinajstić information content (AvgIpc) is 2.92. The molecule has 1 fully saturated rings. The van der Waals surface area contributed by atoms with Crippen molar-refractivity contribution < 1.29 is 19.4 Å². The fraction of sp³-hybridized carbons (Fsp3) is 0.300. The number of likely N-dealkylation sites (N-methyl/N-ethyl adjacent to an activating group) is 1. The number of amides is 2. The number of nitrogens with one attached hydrogen (secondary N) is 2. The van der Waals surface area contributed by atoms with Crippen LogP contribution in [0.3, 0.4) is 0 Å². The molecular formula is C30H35N3O4. The minimum Gasteiger partial charge on any atom is -0.392 e. The molecule has 1 aliphatic heterocycles. The van der Waals surface area contributed by atoms with Crippen LogP contribution in [0.5, 0.6) is 0 Å². The number of ether oxygens (including phenoxy) is 2. The minimum atomic E-state index is -0.590. The van der Waals surface area contributed by atoms with E-state index in [4.69, 9.17) is 9.47 Å². The summed E-state index contributed by atoms with van der Waals surface area (Å²) >= 11 is 0. The molecule has 2 amide bonds. The summed E-state index contributed by atoms with van der Waals surface area (Å²) in [6, 6.07) is 24.9. The zero-order valence-electron chi connectivity index (χ0n) is 21.2. The lowest BCUT2D eigenvalue weighted by Gasteiger charge is -2.37. The number of hydrogen-bond donors (Lipinski definition) is 3. The van der Waals surface area contributed by atoms with Gasteiger partial charge in [-0.1, -0.05) is 72.8 Å². The van der Waals surface area contributed by atoms with Gasteiger partial charge in [0.05, 0.1) is 18.8 Å². The summed E-state index contributed by atoms with van der Waals surface area (Å²) in [5.74, 6) is 0. The SMILES string of the molecule is C=CCN(C)C[C@H]1C[C@@H](c2ccc(CO)cc2)O[C@@H](c2cccc(NC(=O)NCc3ccccc3)c2)O1. The molecule has 1 aliphatic rings. The Kier molecular flexibility index (Phi) is 9.46. The van der Waals surface area contributed by atoms with Crippen LogP contribution in [0, 0.1) is 0 Å². The molecule has 0 unspecified atom stereocenters. The molecule has 0 aliphatic carbocycles. The molecule has 0 spiro atoms. The van der Waals surface area contributed by atoms with Gasteiger partial charge in [0.2, 0.25) is 0 Å². The molecule has 7 nitrogen and oxygen atoms in total. The zero-order chi connectivity index (χ0) is 26.0. The van der Waals surface area contributed by atoms with Gasteiger partial charge in [-0.05, 0) is 35.9 Å². The summed E-state index contributed by atoms with van der Waals surface area (Å²) in [5, 5.41) is 15.2. The van der Waals surface area contributed by atoms with Crippen molar-refractivity contribution in [3.63, 3.8) is 0 Å². The topological polar surface area (TPSA) is 83.1 Å². The third-order valence-electron chi connectivity index (χ3n) is 6.28. The quantitative estimate of drug-likeness (QED) is 0.334. The molecular weight excluding hydrogens is 466 g/mol. The molecule has 3 N–H and O–H groups in total. The molecule has 3 aromatic carbocycles. The third kappa shape index (κ3) is 7.74. The number of aliphatic hydroxyl groups excluding tert-OH is 1. The highest BCUT2D eigenvalue weighted by molar-refractivity contribution is 5.89. The Balaban J connectivity index is 1.46. The lowest BCUT2D eigenvalue weighted by atomic mass is 9.99. The molecule has 0 saturated carbocycles. The summed E-state index contributed by atoms with van der Waals surface area (Å²) in [6.07, 6.45) is 1.76. The van der Waals surface area contributed by atoms with Crippen molar-refractivity contribution >= 4 is 11.7 Å². The Morgan fingerprint density at radius 2 is 1.81 bits per heavy atom. The van der Waals surface area contributed by atoms with Gasteiger partial charge in [0.25, 0.3) is 0 Å². The van der Waals surface area contributed by atoms with Crippen LogP contribution in [0.4, 0.5) is 10.5 Å². The first kappa shape index (κ1) is 26.6. The number of aliphatic hydroxyl groups is 1. The molecule has 0 aromatic heterocycles. The summed E-state index contributed by atoms with van der Waals surface area (Å²) < 4.78 is 12.8. The highest BCUT2D eigenvalue weighted by atomic mass is 16.7. The maximum absolute atomic E-state index is 12.5. The van der Waals surface area contributed by atoms with Crippen molar-refractivity contribution in [2.24, 2.45) is 0 Å². The van der Waals surface area contributed by atoms with Gasteiger partial charge in [-0.3, -0.25) is 0 Å². The summed E-state index contributed by atoms with van der Waals surface area (Å²) in [6.45, 7) is 5.77. The first-order chi connectivity index (χ1) is 18.0. The van der Waals surface area contributed by atoms with E-state index in [1.807, 2.05) is 92.0 Å².